The summed E-state index contributed by atoms with van der Waals surface area (Å²) in [4.78, 5) is 2.37. The molecule has 0 bridgehead atoms. The number of anilines is 1. The molecule has 0 radical (unpaired) electrons. The van der Waals surface area contributed by atoms with Gasteiger partial charge in [-0.25, -0.2) is 4.39 Å². The van der Waals surface area contributed by atoms with E-state index < -0.39 is 0 Å². The van der Waals surface area contributed by atoms with Crippen LogP contribution < -0.4 is 10.6 Å². The summed E-state index contributed by atoms with van der Waals surface area (Å²) in [6.07, 6.45) is 6.73. The fraction of sp³-hybridized carbons (Fsp3) is 0.647. The zero-order valence-corrected chi connectivity index (χ0v) is 12.3. The molecule has 3 atom stereocenters. The zero-order valence-electron chi connectivity index (χ0n) is 12.3. The molecule has 2 N–H and O–H groups in total. The highest BCUT2D eigenvalue weighted by atomic mass is 19.1. The third-order valence-corrected chi connectivity index (χ3v) is 5.12. The van der Waals surface area contributed by atoms with Gasteiger partial charge in [-0.2, -0.15) is 0 Å². The van der Waals surface area contributed by atoms with E-state index in [2.05, 4.69) is 4.90 Å². The number of benzene rings is 1. The number of hydrogen-bond acceptors (Lipinski definition) is 2. The molecule has 3 heteroatoms. The van der Waals surface area contributed by atoms with Gasteiger partial charge in [-0.15, -0.1) is 0 Å². The quantitative estimate of drug-likeness (QED) is 0.888. The summed E-state index contributed by atoms with van der Waals surface area (Å²) in [6, 6.07) is 5.11. The molecule has 3 rings (SSSR count). The lowest BCUT2D eigenvalue weighted by molar-refractivity contribution is 0.202. The second kappa shape index (κ2) is 5.72. The molecule has 0 spiro atoms. The predicted octanol–water partition coefficient (Wildman–Crippen LogP) is 3.86. The number of nitrogens with two attached hydrogens (primary N) is 1. The van der Waals surface area contributed by atoms with E-state index in [1.807, 2.05) is 19.1 Å². The van der Waals surface area contributed by atoms with Crippen molar-refractivity contribution in [3.05, 3.63) is 29.6 Å². The molecule has 1 aliphatic heterocycles. The molecule has 1 saturated carbocycles. The SMILES string of the molecule is C[C@@H](N)c1c(F)cccc1N1CCC2CCCCC2C1. The van der Waals surface area contributed by atoms with Gasteiger partial charge in [-0.3, -0.25) is 0 Å². The topological polar surface area (TPSA) is 29.3 Å². The largest absolute Gasteiger partial charge is 0.371 e. The Bertz CT molecular complexity index is 472. The van der Waals surface area contributed by atoms with E-state index >= 15 is 0 Å². The second-order valence-electron chi connectivity index (χ2n) is 6.50. The molecule has 1 aromatic carbocycles. The van der Waals surface area contributed by atoms with Crippen molar-refractivity contribution in [2.24, 2.45) is 17.6 Å². The molecule has 0 amide bonds. The molecular weight excluding hydrogens is 251 g/mol. The van der Waals surface area contributed by atoms with Gasteiger partial charge >= 0.3 is 0 Å². The minimum atomic E-state index is -0.254. The van der Waals surface area contributed by atoms with E-state index in [1.54, 1.807) is 0 Å². The van der Waals surface area contributed by atoms with Crippen LogP contribution >= 0.6 is 0 Å². The lowest BCUT2D eigenvalue weighted by Gasteiger charge is -2.43. The van der Waals surface area contributed by atoms with Gasteiger partial charge in [0, 0.05) is 30.4 Å². The molecule has 1 aliphatic carbocycles. The number of halogens is 1. The van der Waals surface area contributed by atoms with Crippen LogP contribution in [0.2, 0.25) is 0 Å². The third-order valence-electron chi connectivity index (χ3n) is 5.12. The summed E-state index contributed by atoms with van der Waals surface area (Å²) in [6.45, 7) is 3.99. The number of nitrogens with zero attached hydrogens (tertiary/aromatic N) is 1. The Morgan fingerprint density at radius 1 is 1.20 bits per heavy atom. The normalized spacial score (nSPS) is 28.1. The first-order chi connectivity index (χ1) is 9.66. The van der Waals surface area contributed by atoms with Crippen LogP contribution in [-0.4, -0.2) is 13.1 Å². The Balaban J connectivity index is 1.84. The minimum absolute atomic E-state index is 0.164. The van der Waals surface area contributed by atoms with Crippen molar-refractivity contribution in [3.63, 3.8) is 0 Å². The standard InChI is InChI=1S/C17H25FN2/c1-12(19)17-15(18)7-4-8-16(17)20-10-9-13-5-2-3-6-14(13)11-20/h4,7-8,12-14H,2-3,5-6,9-11,19H2,1H3/t12-,13?,14?/m1/s1. The maximum Gasteiger partial charge on any atom is 0.130 e. The Morgan fingerprint density at radius 3 is 2.70 bits per heavy atom. The van der Waals surface area contributed by atoms with Crippen LogP contribution in [0.15, 0.2) is 18.2 Å². The molecule has 0 aromatic heterocycles. The monoisotopic (exact) mass is 276 g/mol. The van der Waals surface area contributed by atoms with Crippen LogP contribution in [0.3, 0.4) is 0 Å². The van der Waals surface area contributed by atoms with Crippen LogP contribution in [0.5, 0.6) is 0 Å². The molecule has 2 fully saturated rings. The Morgan fingerprint density at radius 2 is 1.95 bits per heavy atom. The average molecular weight is 276 g/mol. The predicted molar refractivity (Wildman–Crippen MR) is 81.3 cm³/mol. The molecule has 1 heterocycles. The summed E-state index contributed by atoms with van der Waals surface area (Å²) < 4.78 is 14.1. The molecule has 2 aliphatic rings. The first-order valence-corrected chi connectivity index (χ1v) is 7.95. The highest BCUT2D eigenvalue weighted by molar-refractivity contribution is 5.56. The van der Waals surface area contributed by atoms with Crippen molar-refractivity contribution >= 4 is 5.69 Å². The highest BCUT2D eigenvalue weighted by Gasteiger charge is 2.32. The van der Waals surface area contributed by atoms with Gasteiger partial charge in [0.25, 0.3) is 0 Å². The third kappa shape index (κ3) is 2.56. The van der Waals surface area contributed by atoms with Crippen molar-refractivity contribution in [2.75, 3.05) is 18.0 Å². The Labute approximate surface area is 121 Å². The molecule has 1 saturated heterocycles. The Kier molecular flexibility index (Phi) is 3.97. The number of hydrogen-bond donors (Lipinski definition) is 1. The average Bonchev–Trinajstić information content (AvgIpc) is 2.46. The van der Waals surface area contributed by atoms with Gasteiger partial charge in [-0.1, -0.05) is 25.3 Å². The molecule has 2 unspecified atom stereocenters. The smallest absolute Gasteiger partial charge is 0.130 e. The molecule has 2 nitrogen and oxygen atoms in total. The number of piperidine rings is 1. The van der Waals surface area contributed by atoms with E-state index in [1.165, 1.54) is 38.2 Å². The van der Waals surface area contributed by atoms with E-state index in [4.69, 9.17) is 5.73 Å². The number of fused-ring (bicyclic) bond motifs is 1. The fourth-order valence-corrected chi connectivity index (χ4v) is 4.07. The van der Waals surface area contributed by atoms with Gasteiger partial charge in [0.15, 0.2) is 0 Å². The Hall–Kier alpha value is -1.09. The molecule has 20 heavy (non-hydrogen) atoms. The molecule has 110 valence electrons. The van der Waals surface area contributed by atoms with Crippen LogP contribution in [0, 0.1) is 17.7 Å². The van der Waals surface area contributed by atoms with Crippen molar-refractivity contribution < 1.29 is 4.39 Å². The van der Waals surface area contributed by atoms with Gasteiger partial charge in [0.1, 0.15) is 5.82 Å². The van der Waals surface area contributed by atoms with Gasteiger partial charge in [-0.05, 0) is 43.7 Å². The summed E-state index contributed by atoms with van der Waals surface area (Å²) >= 11 is 0. The fourth-order valence-electron chi connectivity index (χ4n) is 4.07. The molecular formula is C17H25FN2. The second-order valence-corrected chi connectivity index (χ2v) is 6.50. The van der Waals surface area contributed by atoms with Gasteiger partial charge in [0.05, 0.1) is 0 Å². The van der Waals surface area contributed by atoms with Crippen molar-refractivity contribution in [2.45, 2.75) is 45.1 Å². The van der Waals surface area contributed by atoms with E-state index in [9.17, 15) is 4.39 Å². The lowest BCUT2D eigenvalue weighted by atomic mass is 9.75. The maximum atomic E-state index is 14.1. The summed E-state index contributed by atoms with van der Waals surface area (Å²) in [5, 5.41) is 0. The van der Waals surface area contributed by atoms with Crippen molar-refractivity contribution in [3.8, 4) is 0 Å². The maximum absolute atomic E-state index is 14.1. The number of rotatable bonds is 2. The first-order valence-electron chi connectivity index (χ1n) is 7.95. The summed E-state index contributed by atoms with van der Waals surface area (Å²) in [7, 11) is 0. The molecule has 1 aromatic rings. The lowest BCUT2D eigenvalue weighted by Crippen LogP contribution is -2.42. The van der Waals surface area contributed by atoms with Crippen LogP contribution in [0.4, 0.5) is 10.1 Å². The van der Waals surface area contributed by atoms with Crippen LogP contribution in [-0.2, 0) is 0 Å². The van der Waals surface area contributed by atoms with Crippen LogP contribution in [0.25, 0.3) is 0 Å². The van der Waals surface area contributed by atoms with Crippen molar-refractivity contribution in [1.29, 1.82) is 0 Å². The van der Waals surface area contributed by atoms with E-state index in [0.717, 1.165) is 30.6 Å². The highest BCUT2D eigenvalue weighted by Crippen LogP contribution is 2.39. The minimum Gasteiger partial charge on any atom is -0.371 e. The van der Waals surface area contributed by atoms with Crippen LogP contribution in [0.1, 0.15) is 50.6 Å². The first kappa shape index (κ1) is 13.9. The van der Waals surface area contributed by atoms with E-state index in [-0.39, 0.29) is 11.9 Å². The summed E-state index contributed by atoms with van der Waals surface area (Å²) in [5.41, 5.74) is 7.69. The summed E-state index contributed by atoms with van der Waals surface area (Å²) in [5.74, 6) is 1.53. The van der Waals surface area contributed by atoms with E-state index in [0.29, 0.717) is 5.56 Å². The zero-order chi connectivity index (χ0) is 14.1. The van der Waals surface area contributed by atoms with Crippen molar-refractivity contribution in [1.82, 2.24) is 0 Å². The van der Waals surface area contributed by atoms with Gasteiger partial charge in [0.2, 0.25) is 0 Å². The van der Waals surface area contributed by atoms with Gasteiger partial charge < -0.3 is 10.6 Å².